The van der Waals surface area contributed by atoms with Crippen molar-refractivity contribution in [2.24, 2.45) is 0 Å². The molecule has 168 valence electrons. The molecule has 2 aromatic rings. The fourth-order valence-electron chi connectivity index (χ4n) is 3.32. The van der Waals surface area contributed by atoms with E-state index in [-0.39, 0.29) is 23.5 Å². The number of halogens is 1. The van der Waals surface area contributed by atoms with Crippen molar-refractivity contribution in [1.82, 2.24) is 4.31 Å². The summed E-state index contributed by atoms with van der Waals surface area (Å²) >= 11 is 5.87. The summed E-state index contributed by atoms with van der Waals surface area (Å²) in [6.45, 7) is -0.317. The average molecular weight is 478 g/mol. The second kappa shape index (κ2) is 9.77. The van der Waals surface area contributed by atoms with E-state index in [1.165, 1.54) is 62.8 Å². The van der Waals surface area contributed by atoms with Crippen LogP contribution in [0.5, 0.6) is 0 Å². The zero-order valence-electron chi connectivity index (χ0n) is 17.3. The van der Waals surface area contributed by atoms with Crippen LogP contribution >= 0.6 is 11.6 Å². The molecule has 2 amide bonds. The van der Waals surface area contributed by atoms with Gasteiger partial charge in [-0.25, -0.2) is 13.3 Å². The molecule has 1 fully saturated rings. The van der Waals surface area contributed by atoms with Crippen molar-refractivity contribution in [2.45, 2.75) is 23.6 Å². The van der Waals surface area contributed by atoms with Gasteiger partial charge in [0.25, 0.3) is 5.91 Å². The SMILES string of the molecule is COC(CN(C1CC(=O)N(c2ccc(C#N)cc2)C1=O)S(=O)(=O)c1ccc(Cl)cc1)OC. The Labute approximate surface area is 190 Å². The Hall–Kier alpha value is -2.81. The molecule has 0 saturated carbocycles. The topological polar surface area (TPSA) is 117 Å². The van der Waals surface area contributed by atoms with Gasteiger partial charge >= 0.3 is 0 Å². The first-order valence-corrected chi connectivity index (χ1v) is 11.2. The van der Waals surface area contributed by atoms with Crippen molar-refractivity contribution in [2.75, 3.05) is 25.7 Å². The van der Waals surface area contributed by atoms with E-state index in [2.05, 4.69) is 0 Å². The minimum Gasteiger partial charge on any atom is -0.354 e. The molecule has 0 bridgehead atoms. The van der Waals surface area contributed by atoms with Crippen molar-refractivity contribution in [3.63, 3.8) is 0 Å². The Kier molecular flexibility index (Phi) is 7.28. The Bertz CT molecular complexity index is 1140. The van der Waals surface area contributed by atoms with E-state index in [0.717, 1.165) is 9.21 Å². The second-order valence-electron chi connectivity index (χ2n) is 6.88. The number of hydrogen-bond donors (Lipinski definition) is 0. The Morgan fingerprint density at radius 3 is 2.25 bits per heavy atom. The number of hydrogen-bond acceptors (Lipinski definition) is 7. The monoisotopic (exact) mass is 477 g/mol. The molecule has 1 aliphatic heterocycles. The van der Waals surface area contributed by atoms with E-state index in [4.69, 9.17) is 26.3 Å². The molecule has 2 aromatic carbocycles. The van der Waals surface area contributed by atoms with Crippen LogP contribution in [0.25, 0.3) is 0 Å². The lowest BCUT2D eigenvalue weighted by atomic mass is 10.2. The molecule has 1 heterocycles. The molecule has 1 saturated heterocycles. The third-order valence-electron chi connectivity index (χ3n) is 5.00. The van der Waals surface area contributed by atoms with E-state index < -0.39 is 34.2 Å². The normalized spacial score (nSPS) is 16.8. The fraction of sp³-hybridized carbons (Fsp3) is 0.286. The molecular formula is C21H20ClN3O6S. The van der Waals surface area contributed by atoms with Crippen LogP contribution in [-0.2, 0) is 29.1 Å². The van der Waals surface area contributed by atoms with Crippen molar-refractivity contribution < 1.29 is 27.5 Å². The fourth-order valence-corrected chi connectivity index (χ4v) is 5.02. The number of methoxy groups -OCH3 is 2. The first-order chi connectivity index (χ1) is 15.2. The number of sulfonamides is 1. The number of carbonyl (C=O) groups is 2. The third-order valence-corrected chi connectivity index (χ3v) is 7.14. The van der Waals surface area contributed by atoms with Crippen LogP contribution < -0.4 is 4.90 Å². The molecule has 32 heavy (non-hydrogen) atoms. The van der Waals surface area contributed by atoms with Gasteiger partial charge in [0, 0.05) is 19.2 Å². The summed E-state index contributed by atoms with van der Waals surface area (Å²) in [4.78, 5) is 26.8. The maximum Gasteiger partial charge on any atom is 0.252 e. The molecule has 0 aromatic heterocycles. The van der Waals surface area contributed by atoms with Gasteiger partial charge in [0.05, 0.1) is 35.2 Å². The number of nitriles is 1. The summed E-state index contributed by atoms with van der Waals surface area (Å²) < 4.78 is 38.1. The smallest absolute Gasteiger partial charge is 0.252 e. The highest BCUT2D eigenvalue weighted by Crippen LogP contribution is 2.30. The number of amides is 2. The van der Waals surface area contributed by atoms with Gasteiger partial charge in [-0.1, -0.05) is 11.6 Å². The molecule has 1 aliphatic rings. The van der Waals surface area contributed by atoms with Crippen molar-refractivity contribution in [1.29, 1.82) is 5.26 Å². The lowest BCUT2D eigenvalue weighted by Gasteiger charge is -2.29. The number of nitrogens with zero attached hydrogens (tertiary/aromatic N) is 3. The molecule has 1 atom stereocenters. The van der Waals surface area contributed by atoms with Gasteiger partial charge in [-0.05, 0) is 48.5 Å². The molecule has 11 heteroatoms. The zero-order chi connectivity index (χ0) is 23.5. The van der Waals surface area contributed by atoms with E-state index in [9.17, 15) is 18.0 Å². The number of carbonyl (C=O) groups excluding carboxylic acids is 2. The van der Waals surface area contributed by atoms with Crippen LogP contribution in [0.3, 0.4) is 0 Å². The molecule has 0 N–H and O–H groups in total. The van der Waals surface area contributed by atoms with Gasteiger partial charge in [-0.2, -0.15) is 9.57 Å². The molecule has 9 nitrogen and oxygen atoms in total. The largest absolute Gasteiger partial charge is 0.354 e. The molecule has 0 radical (unpaired) electrons. The highest BCUT2D eigenvalue weighted by molar-refractivity contribution is 7.89. The Morgan fingerprint density at radius 2 is 1.72 bits per heavy atom. The number of ether oxygens (including phenoxy) is 2. The Morgan fingerprint density at radius 1 is 1.12 bits per heavy atom. The van der Waals surface area contributed by atoms with Crippen molar-refractivity contribution in [3.05, 3.63) is 59.1 Å². The predicted octanol–water partition coefficient (Wildman–Crippen LogP) is 2.15. The summed E-state index contributed by atoms with van der Waals surface area (Å²) in [5.41, 5.74) is 0.611. The highest BCUT2D eigenvalue weighted by Gasteiger charge is 2.47. The highest BCUT2D eigenvalue weighted by atomic mass is 35.5. The minimum absolute atomic E-state index is 0.0927. The number of imide groups is 1. The van der Waals surface area contributed by atoms with Gasteiger partial charge < -0.3 is 9.47 Å². The third kappa shape index (κ3) is 4.67. The lowest BCUT2D eigenvalue weighted by molar-refractivity contribution is -0.125. The first kappa shape index (κ1) is 23.8. The Balaban J connectivity index is 2.00. The first-order valence-electron chi connectivity index (χ1n) is 9.43. The zero-order valence-corrected chi connectivity index (χ0v) is 18.8. The van der Waals surface area contributed by atoms with E-state index in [1.807, 2.05) is 6.07 Å². The van der Waals surface area contributed by atoms with Gasteiger partial charge in [-0.3, -0.25) is 9.59 Å². The van der Waals surface area contributed by atoms with Crippen molar-refractivity contribution >= 4 is 39.1 Å². The van der Waals surface area contributed by atoms with Crippen LogP contribution in [0.2, 0.25) is 5.02 Å². The maximum absolute atomic E-state index is 13.4. The van der Waals surface area contributed by atoms with Crippen LogP contribution in [0.15, 0.2) is 53.4 Å². The molecule has 1 unspecified atom stereocenters. The quantitative estimate of drug-likeness (QED) is 0.422. The van der Waals surface area contributed by atoms with Gasteiger partial charge in [-0.15, -0.1) is 0 Å². The van der Waals surface area contributed by atoms with Gasteiger partial charge in [0.2, 0.25) is 15.9 Å². The van der Waals surface area contributed by atoms with Gasteiger partial charge in [0.15, 0.2) is 6.29 Å². The second-order valence-corrected chi connectivity index (χ2v) is 9.20. The van der Waals surface area contributed by atoms with Crippen LogP contribution in [-0.4, -0.2) is 57.6 Å². The van der Waals surface area contributed by atoms with Crippen molar-refractivity contribution in [3.8, 4) is 6.07 Å². The summed E-state index contributed by atoms with van der Waals surface area (Å²) in [6, 6.07) is 12.0. The average Bonchev–Trinajstić information content (AvgIpc) is 3.08. The lowest BCUT2D eigenvalue weighted by Crippen LogP contribution is -2.49. The van der Waals surface area contributed by atoms with Crippen LogP contribution in [0.4, 0.5) is 5.69 Å². The molecule has 3 rings (SSSR count). The van der Waals surface area contributed by atoms with Crippen LogP contribution in [0.1, 0.15) is 12.0 Å². The van der Waals surface area contributed by atoms with E-state index in [0.29, 0.717) is 10.6 Å². The maximum atomic E-state index is 13.4. The van der Waals surface area contributed by atoms with E-state index in [1.54, 1.807) is 0 Å². The predicted molar refractivity (Wildman–Crippen MR) is 115 cm³/mol. The van der Waals surface area contributed by atoms with Gasteiger partial charge in [0.1, 0.15) is 6.04 Å². The number of rotatable bonds is 8. The van der Waals surface area contributed by atoms with E-state index >= 15 is 0 Å². The van der Waals surface area contributed by atoms with Crippen LogP contribution in [0, 0.1) is 11.3 Å². The summed E-state index contributed by atoms with van der Waals surface area (Å²) in [5.74, 6) is -1.27. The summed E-state index contributed by atoms with van der Waals surface area (Å²) in [6.07, 6.45) is -1.32. The summed E-state index contributed by atoms with van der Waals surface area (Å²) in [5, 5.41) is 9.30. The molecule has 0 spiro atoms. The number of benzene rings is 2. The number of anilines is 1. The molecule has 0 aliphatic carbocycles. The minimum atomic E-state index is -4.22. The molecular weight excluding hydrogens is 458 g/mol. The summed E-state index contributed by atoms with van der Waals surface area (Å²) in [7, 11) is -1.54. The standard InChI is InChI=1S/C21H20ClN3O6S/c1-30-20(31-2)13-24(32(28,29)17-9-5-15(22)6-10-17)18-11-19(26)25(21(18)27)16-7-3-14(12-23)4-8-16/h3-10,18,20H,11,13H2,1-2H3.